The predicted octanol–water partition coefficient (Wildman–Crippen LogP) is -7.43. The number of carbonyl (C=O) groups excluding carboxylic acids is 1. The van der Waals surface area contributed by atoms with Gasteiger partial charge in [-0.15, -0.1) is 0 Å². The van der Waals surface area contributed by atoms with Gasteiger partial charge in [-0.1, -0.05) is 0 Å². The standard InChI is InChI=1S/C2H5NO2.Al.Na.H2O.O/c3-1-2(4)5;;;;/h1,3H2,(H,4,5);;;1H2;/q;+2;+1;;-1/p-2. The van der Waals surface area contributed by atoms with Crippen molar-refractivity contribution < 1.29 is 47.8 Å². The Balaban J connectivity index is -0.0000000800. The molecule has 0 fully saturated rings. The van der Waals surface area contributed by atoms with E-state index in [-0.39, 0.29) is 36.1 Å². The van der Waals surface area contributed by atoms with Gasteiger partial charge in [0.15, 0.2) is 0 Å². The number of carboxylic acid groups (broad SMARTS) is 1. The average molecular weight is 157 g/mol. The molecule has 0 bridgehead atoms. The molecule has 0 aromatic heterocycles. The Morgan fingerprint density at radius 2 is 1.89 bits per heavy atom. The summed E-state index contributed by atoms with van der Waals surface area (Å²) >= 11 is -1.50. The molecule has 9 heavy (non-hydrogen) atoms. The van der Waals surface area contributed by atoms with Gasteiger partial charge >= 0.3 is 53.8 Å². The van der Waals surface area contributed by atoms with E-state index in [2.05, 4.69) is 5.73 Å². The van der Waals surface area contributed by atoms with Crippen LogP contribution in [-0.2, 0) is 4.79 Å². The Morgan fingerprint density at radius 3 is 1.89 bits per heavy atom. The van der Waals surface area contributed by atoms with Gasteiger partial charge in [-0.2, -0.15) is 0 Å². The zero-order valence-corrected chi connectivity index (χ0v) is 8.19. The van der Waals surface area contributed by atoms with Gasteiger partial charge in [-0.3, -0.25) is 0 Å². The molecule has 5 nitrogen and oxygen atoms in total. The van der Waals surface area contributed by atoms with Gasteiger partial charge in [-0.25, -0.2) is 0 Å². The van der Waals surface area contributed by atoms with Gasteiger partial charge in [0.2, 0.25) is 0 Å². The zero-order valence-electron chi connectivity index (χ0n) is 5.03. The second-order valence-electron chi connectivity index (χ2n) is 0.682. The zero-order chi connectivity index (χ0) is 6.99. The van der Waals surface area contributed by atoms with E-state index in [4.69, 9.17) is 18.2 Å². The van der Waals surface area contributed by atoms with Crippen molar-refractivity contribution in [2.45, 2.75) is 0 Å². The van der Waals surface area contributed by atoms with E-state index < -0.39 is 21.9 Å². The maximum atomic E-state index is 9.13. The predicted molar refractivity (Wildman–Crippen MR) is 22.0 cm³/mol. The minimum absolute atomic E-state index is 0. The first-order chi connectivity index (χ1) is 3.68. The van der Waals surface area contributed by atoms with Crippen LogP contribution in [0, 0.1) is 0 Å². The number of hydrogen-bond donors (Lipinski definition) is 2. The van der Waals surface area contributed by atoms with Crippen molar-refractivity contribution in [2.24, 2.45) is 5.73 Å². The molecule has 0 saturated heterocycles. The summed E-state index contributed by atoms with van der Waals surface area (Å²) in [7, 11) is 0. The van der Waals surface area contributed by atoms with Crippen LogP contribution in [0.1, 0.15) is 0 Å². The topological polar surface area (TPSA) is 109 Å². The SMILES string of the molecule is NCC(=O)[O-].[Na+].[O-][Al+][OH]. The van der Waals surface area contributed by atoms with Crippen molar-refractivity contribution in [1.29, 1.82) is 0 Å². The number of carboxylic acids is 1. The van der Waals surface area contributed by atoms with Crippen LogP contribution in [0.5, 0.6) is 0 Å². The third kappa shape index (κ3) is 50.6. The summed E-state index contributed by atoms with van der Waals surface area (Å²) in [5.41, 5.74) is 4.51. The minimum atomic E-state index is -1.50. The third-order valence-corrected chi connectivity index (χ3v) is 0.167. The molecule has 0 spiro atoms. The molecule has 46 valence electrons. The summed E-state index contributed by atoms with van der Waals surface area (Å²) < 4.78 is 15.7. The van der Waals surface area contributed by atoms with Gasteiger partial charge in [0.05, 0.1) is 5.97 Å². The molecule has 0 amide bonds. The fourth-order valence-corrected chi connectivity index (χ4v) is 0. The Kier molecular flexibility index (Phi) is 29.2. The molecule has 0 aliphatic carbocycles. The van der Waals surface area contributed by atoms with Gasteiger partial charge in [0, 0.05) is 6.54 Å². The molecule has 0 rings (SSSR count). The summed E-state index contributed by atoms with van der Waals surface area (Å²) in [5.74, 6) is -1.22. The van der Waals surface area contributed by atoms with E-state index in [9.17, 15) is 0 Å². The van der Waals surface area contributed by atoms with E-state index in [1.165, 1.54) is 0 Å². The van der Waals surface area contributed by atoms with Crippen molar-refractivity contribution in [3.05, 3.63) is 0 Å². The molecule has 0 saturated carbocycles. The molecule has 0 aromatic carbocycles. The number of carbonyl (C=O) groups is 1. The van der Waals surface area contributed by atoms with Crippen molar-refractivity contribution in [1.82, 2.24) is 0 Å². The summed E-state index contributed by atoms with van der Waals surface area (Å²) in [6.07, 6.45) is 0. The summed E-state index contributed by atoms with van der Waals surface area (Å²) in [6.45, 7) is -0.389. The second-order valence-corrected chi connectivity index (χ2v) is 0.892. The van der Waals surface area contributed by atoms with Crippen LogP contribution < -0.4 is 44.6 Å². The van der Waals surface area contributed by atoms with Gasteiger partial charge in [-0.05, 0) is 0 Å². The van der Waals surface area contributed by atoms with Crippen LogP contribution in [0.25, 0.3) is 0 Å². The number of rotatable bonds is 1. The Hall–Kier alpha value is 0.882. The normalized spacial score (nSPS) is 5.22. The molecule has 0 aromatic rings. The molecule has 0 radical (unpaired) electrons. The number of hydrogen-bond acceptors (Lipinski definition) is 5. The molecule has 0 aliphatic heterocycles. The quantitative estimate of drug-likeness (QED) is 0.367. The number of aliphatic carboxylic acids is 1. The van der Waals surface area contributed by atoms with Crippen molar-refractivity contribution in [3.8, 4) is 0 Å². The molecular formula is C2H5AlNNaO4. The monoisotopic (exact) mass is 157 g/mol. The van der Waals surface area contributed by atoms with E-state index in [1.54, 1.807) is 0 Å². The first-order valence-electron chi connectivity index (χ1n) is 1.66. The van der Waals surface area contributed by atoms with Crippen LogP contribution in [0.4, 0.5) is 0 Å². The van der Waals surface area contributed by atoms with Gasteiger partial charge in [0.25, 0.3) is 0 Å². The van der Waals surface area contributed by atoms with Crippen LogP contribution >= 0.6 is 0 Å². The van der Waals surface area contributed by atoms with Crippen LogP contribution in [-0.4, -0.2) is 32.6 Å². The van der Waals surface area contributed by atoms with Crippen LogP contribution in [0.3, 0.4) is 0 Å². The van der Waals surface area contributed by atoms with Crippen molar-refractivity contribution in [2.75, 3.05) is 6.54 Å². The van der Waals surface area contributed by atoms with E-state index in [0.717, 1.165) is 0 Å². The van der Waals surface area contributed by atoms with Gasteiger partial charge in [0.1, 0.15) is 0 Å². The maximum absolute atomic E-state index is 9.13. The molecule has 7 heteroatoms. The summed E-state index contributed by atoms with van der Waals surface area (Å²) in [4.78, 5) is 9.13. The Morgan fingerprint density at radius 1 is 1.78 bits per heavy atom. The molecule has 0 unspecified atom stereocenters. The fourth-order valence-electron chi connectivity index (χ4n) is 0. The first kappa shape index (κ1) is 16.5. The summed E-state index contributed by atoms with van der Waals surface area (Å²) in [6, 6.07) is 0. The van der Waals surface area contributed by atoms with E-state index in [1.807, 2.05) is 0 Å². The Bertz CT molecular complexity index is 62.5. The van der Waals surface area contributed by atoms with E-state index >= 15 is 0 Å². The molecule has 3 N–H and O–H groups in total. The Labute approximate surface area is 81.5 Å². The first-order valence-corrected chi connectivity index (χ1v) is 2.65. The molecule has 0 heterocycles. The van der Waals surface area contributed by atoms with Crippen LogP contribution in [0.2, 0.25) is 0 Å². The third-order valence-electron chi connectivity index (χ3n) is 0.167. The summed E-state index contributed by atoms with van der Waals surface area (Å²) in [5, 5.41) is 9.13. The number of nitrogens with two attached hydrogens (primary N) is 1. The fraction of sp³-hybridized carbons (Fsp3) is 0.500. The molecule has 0 aliphatic rings. The molecule has 0 atom stereocenters. The van der Waals surface area contributed by atoms with Crippen LogP contribution in [0.15, 0.2) is 0 Å². The van der Waals surface area contributed by atoms with Gasteiger partial charge < -0.3 is 15.6 Å². The second kappa shape index (κ2) is 15.9. The molecular weight excluding hydrogens is 152 g/mol. The van der Waals surface area contributed by atoms with E-state index in [0.29, 0.717) is 0 Å². The average Bonchev–Trinajstić information content (AvgIpc) is 1.69. The van der Waals surface area contributed by atoms with Crippen molar-refractivity contribution >= 4 is 21.9 Å². The van der Waals surface area contributed by atoms with Crippen molar-refractivity contribution in [3.63, 3.8) is 0 Å².